The number of carboxylic acids is 1. The molecular formula is C10H11NO2. The van der Waals surface area contributed by atoms with Gasteiger partial charge in [0.15, 0.2) is 0 Å². The van der Waals surface area contributed by atoms with E-state index >= 15 is 0 Å². The normalized spacial score (nSPS) is 8.38. The second-order valence-corrected chi connectivity index (χ2v) is 2.07. The third-order valence-corrected chi connectivity index (χ3v) is 1.02. The maximum absolute atomic E-state index is 10.1. The number of carbonyl (C=O) groups is 1. The van der Waals surface area contributed by atoms with Crippen molar-refractivity contribution in [3.63, 3.8) is 0 Å². The van der Waals surface area contributed by atoms with E-state index < -0.39 is 5.97 Å². The van der Waals surface area contributed by atoms with Crippen molar-refractivity contribution < 1.29 is 9.90 Å². The van der Waals surface area contributed by atoms with Gasteiger partial charge in [-0.2, -0.15) is 0 Å². The van der Waals surface area contributed by atoms with Gasteiger partial charge in [0.05, 0.1) is 13.0 Å². The molecule has 0 rings (SSSR count). The first-order chi connectivity index (χ1) is 6.27. The highest BCUT2D eigenvalue weighted by atomic mass is 16.4. The summed E-state index contributed by atoms with van der Waals surface area (Å²) in [5, 5.41) is 8.26. The zero-order valence-corrected chi connectivity index (χ0v) is 7.21. The van der Waals surface area contributed by atoms with Crippen LogP contribution < -0.4 is 5.73 Å². The van der Waals surface area contributed by atoms with E-state index in [0.29, 0.717) is 13.0 Å². The largest absolute Gasteiger partial charge is 0.481 e. The van der Waals surface area contributed by atoms with E-state index in [2.05, 4.69) is 23.7 Å². The minimum absolute atomic E-state index is 0.0787. The number of aliphatic carboxylic acids is 1. The Bertz CT molecular complexity index is 296. The first-order valence-electron chi connectivity index (χ1n) is 3.81. The molecule has 0 aromatic carbocycles. The Morgan fingerprint density at radius 3 is 2.46 bits per heavy atom. The summed E-state index contributed by atoms with van der Waals surface area (Å²) in [6.45, 7) is 0.330. The number of hydrogen-bond donors (Lipinski definition) is 2. The first-order valence-corrected chi connectivity index (χ1v) is 3.81. The topological polar surface area (TPSA) is 63.3 Å². The lowest BCUT2D eigenvalue weighted by atomic mass is 10.3. The number of hydrogen-bond acceptors (Lipinski definition) is 2. The van der Waals surface area contributed by atoms with Crippen molar-refractivity contribution in [3.8, 4) is 23.7 Å². The van der Waals surface area contributed by atoms with Gasteiger partial charge in [0, 0.05) is 6.42 Å². The molecule has 0 aliphatic carbocycles. The fourth-order valence-corrected chi connectivity index (χ4v) is 0.502. The molecule has 0 bridgehead atoms. The molecule has 3 N–H and O–H groups in total. The van der Waals surface area contributed by atoms with Crippen molar-refractivity contribution in [2.45, 2.75) is 12.8 Å². The van der Waals surface area contributed by atoms with Crippen LogP contribution in [0.1, 0.15) is 12.8 Å². The van der Waals surface area contributed by atoms with Crippen LogP contribution in [-0.2, 0) is 4.79 Å². The number of nitrogens with two attached hydrogens (primary N) is 1. The monoisotopic (exact) mass is 177 g/mol. The molecule has 0 heterocycles. The molecule has 0 aromatic rings. The van der Waals surface area contributed by atoms with Gasteiger partial charge in [0.2, 0.25) is 0 Å². The Balaban J connectivity index is 3.61. The van der Waals surface area contributed by atoms with Crippen LogP contribution in [0.4, 0.5) is 0 Å². The van der Waals surface area contributed by atoms with E-state index in [0.717, 1.165) is 0 Å². The lowest BCUT2D eigenvalue weighted by Gasteiger charge is -1.81. The molecular weight excluding hydrogens is 166 g/mol. The molecule has 13 heavy (non-hydrogen) atoms. The molecule has 0 aliphatic heterocycles. The molecule has 0 saturated heterocycles. The lowest BCUT2D eigenvalue weighted by Crippen LogP contribution is -1.92. The van der Waals surface area contributed by atoms with E-state index in [-0.39, 0.29) is 6.42 Å². The molecule has 68 valence electrons. The van der Waals surface area contributed by atoms with Crippen LogP contribution in [0.25, 0.3) is 0 Å². The fourth-order valence-electron chi connectivity index (χ4n) is 0.502. The molecule has 0 spiro atoms. The molecule has 3 nitrogen and oxygen atoms in total. The summed E-state index contributed by atoms with van der Waals surface area (Å²) >= 11 is 0. The summed E-state index contributed by atoms with van der Waals surface area (Å²) in [6, 6.07) is 0. The minimum atomic E-state index is -0.832. The van der Waals surface area contributed by atoms with Crippen molar-refractivity contribution in [2.75, 3.05) is 6.54 Å². The Morgan fingerprint density at radius 1 is 1.31 bits per heavy atom. The molecule has 0 aliphatic rings. The zero-order chi connectivity index (χ0) is 9.94. The number of allylic oxidation sites excluding steroid dienone is 2. The van der Waals surface area contributed by atoms with E-state index in [9.17, 15) is 4.79 Å². The predicted molar refractivity (Wildman–Crippen MR) is 50.6 cm³/mol. The Labute approximate surface area is 77.6 Å². The van der Waals surface area contributed by atoms with Crippen molar-refractivity contribution in [1.29, 1.82) is 0 Å². The SMILES string of the molecule is NCC#C/C=C/C#CCCC(=O)O. The Morgan fingerprint density at radius 2 is 1.92 bits per heavy atom. The van der Waals surface area contributed by atoms with Crippen LogP contribution in [0.15, 0.2) is 12.2 Å². The summed E-state index contributed by atoms with van der Waals surface area (Å²) in [6.07, 6.45) is 3.60. The summed E-state index contributed by atoms with van der Waals surface area (Å²) in [4.78, 5) is 10.1. The molecule has 0 radical (unpaired) electrons. The summed E-state index contributed by atoms with van der Waals surface area (Å²) < 4.78 is 0. The Hall–Kier alpha value is -1.71. The summed E-state index contributed by atoms with van der Waals surface area (Å²) in [5.74, 6) is 9.80. The van der Waals surface area contributed by atoms with E-state index in [1.54, 1.807) is 12.2 Å². The average molecular weight is 177 g/mol. The fraction of sp³-hybridized carbons (Fsp3) is 0.300. The van der Waals surface area contributed by atoms with Crippen molar-refractivity contribution in [1.82, 2.24) is 0 Å². The molecule has 3 heteroatoms. The van der Waals surface area contributed by atoms with Gasteiger partial charge in [-0.1, -0.05) is 23.7 Å². The van der Waals surface area contributed by atoms with Gasteiger partial charge in [-0.05, 0) is 12.2 Å². The molecule has 0 aromatic heterocycles. The number of rotatable bonds is 2. The molecule has 0 atom stereocenters. The smallest absolute Gasteiger partial charge is 0.304 e. The summed E-state index contributed by atoms with van der Waals surface area (Å²) in [7, 11) is 0. The Kier molecular flexibility index (Phi) is 7.28. The van der Waals surface area contributed by atoms with Crippen molar-refractivity contribution >= 4 is 5.97 Å². The standard InChI is InChI=1S/C10H11NO2/c11-9-7-5-3-1-2-4-6-8-10(12)13/h1,3H,6,8-9,11H2,(H,12,13)/b3-1+. The van der Waals surface area contributed by atoms with Gasteiger partial charge in [-0.3, -0.25) is 4.79 Å². The maximum Gasteiger partial charge on any atom is 0.304 e. The van der Waals surface area contributed by atoms with Crippen LogP contribution in [0, 0.1) is 23.7 Å². The van der Waals surface area contributed by atoms with Gasteiger partial charge in [-0.15, -0.1) is 0 Å². The van der Waals surface area contributed by atoms with Gasteiger partial charge in [0.25, 0.3) is 0 Å². The highest BCUT2D eigenvalue weighted by Crippen LogP contribution is 1.84. The molecule has 0 amide bonds. The number of carboxylic acid groups (broad SMARTS) is 1. The van der Waals surface area contributed by atoms with E-state index in [4.69, 9.17) is 10.8 Å². The van der Waals surface area contributed by atoms with Crippen LogP contribution in [0.2, 0.25) is 0 Å². The van der Waals surface area contributed by atoms with Gasteiger partial charge in [0.1, 0.15) is 0 Å². The third kappa shape index (κ3) is 10.3. The molecule has 0 saturated carbocycles. The quantitative estimate of drug-likeness (QED) is 0.599. The third-order valence-electron chi connectivity index (χ3n) is 1.02. The second-order valence-electron chi connectivity index (χ2n) is 2.07. The maximum atomic E-state index is 10.1. The van der Waals surface area contributed by atoms with Gasteiger partial charge in [-0.25, -0.2) is 0 Å². The summed E-state index contributed by atoms with van der Waals surface area (Å²) in [5.41, 5.74) is 5.12. The first kappa shape index (κ1) is 11.3. The second kappa shape index (κ2) is 8.39. The van der Waals surface area contributed by atoms with E-state index in [1.165, 1.54) is 0 Å². The lowest BCUT2D eigenvalue weighted by molar-refractivity contribution is -0.136. The highest BCUT2D eigenvalue weighted by Gasteiger charge is 1.90. The van der Waals surface area contributed by atoms with Crippen LogP contribution in [-0.4, -0.2) is 17.6 Å². The van der Waals surface area contributed by atoms with Gasteiger partial charge >= 0.3 is 5.97 Å². The van der Waals surface area contributed by atoms with Crippen LogP contribution in [0.3, 0.4) is 0 Å². The van der Waals surface area contributed by atoms with Gasteiger partial charge < -0.3 is 10.8 Å². The van der Waals surface area contributed by atoms with E-state index in [1.807, 2.05) is 0 Å². The minimum Gasteiger partial charge on any atom is -0.481 e. The van der Waals surface area contributed by atoms with Crippen molar-refractivity contribution in [3.05, 3.63) is 12.2 Å². The van der Waals surface area contributed by atoms with Crippen LogP contribution >= 0.6 is 0 Å². The predicted octanol–water partition coefficient (Wildman–Crippen LogP) is 0.373. The zero-order valence-electron chi connectivity index (χ0n) is 7.21. The molecule has 0 fully saturated rings. The van der Waals surface area contributed by atoms with Crippen molar-refractivity contribution in [2.24, 2.45) is 5.73 Å². The van der Waals surface area contributed by atoms with Crippen LogP contribution in [0.5, 0.6) is 0 Å². The molecule has 0 unspecified atom stereocenters. The average Bonchev–Trinajstić information content (AvgIpc) is 2.09. The highest BCUT2D eigenvalue weighted by molar-refractivity contribution is 5.67.